The van der Waals surface area contributed by atoms with E-state index in [-0.39, 0.29) is 18.1 Å². The Bertz CT molecular complexity index is 1190. The summed E-state index contributed by atoms with van der Waals surface area (Å²) in [5.74, 6) is 0.730. The molecule has 3 aromatic carbocycles. The Morgan fingerprint density at radius 1 is 0.800 bits per heavy atom. The maximum absolute atomic E-state index is 12.8. The van der Waals surface area contributed by atoms with Crippen LogP contribution in [0, 0.1) is 14.3 Å². The second-order valence-electron chi connectivity index (χ2n) is 6.53. The van der Waals surface area contributed by atoms with Gasteiger partial charge >= 0.3 is 5.97 Å². The Morgan fingerprint density at radius 3 is 2.03 bits per heavy atom. The van der Waals surface area contributed by atoms with E-state index in [2.05, 4.69) is 45.2 Å². The van der Waals surface area contributed by atoms with Crippen LogP contribution in [-0.4, -0.2) is 16.2 Å². The number of rotatable bonds is 0. The van der Waals surface area contributed by atoms with Gasteiger partial charge in [0.15, 0.2) is 5.75 Å². The van der Waals surface area contributed by atoms with Crippen LogP contribution in [0.3, 0.4) is 0 Å². The van der Waals surface area contributed by atoms with E-state index in [0.717, 1.165) is 11.1 Å². The summed E-state index contributed by atoms with van der Waals surface area (Å²) < 4.78 is 14.3. The molecular formula is C21H12I4O5. The molecule has 0 aromatic heterocycles. The van der Waals surface area contributed by atoms with Crippen LogP contribution in [0.2, 0.25) is 0 Å². The second kappa shape index (κ2) is 9.13. The largest absolute Gasteiger partial charge is 0.506 e. The molecule has 3 aromatic rings. The van der Waals surface area contributed by atoms with E-state index in [9.17, 15) is 15.0 Å². The van der Waals surface area contributed by atoms with Gasteiger partial charge in [-0.2, -0.15) is 0 Å². The highest BCUT2D eigenvalue weighted by Gasteiger charge is 2.25. The lowest BCUT2D eigenvalue weighted by molar-refractivity contribution is 0.0469. The minimum absolute atomic E-state index is 0.00293. The zero-order chi connectivity index (χ0) is 21.6. The molecule has 0 amide bonds. The SMILES string of the molecule is O=C1OCc2cc(I)c(O)c(I)c2Oc2c(cc(I)c(O)c2I)Cc2ccccc21. The number of benzene rings is 3. The predicted molar refractivity (Wildman–Crippen MR) is 146 cm³/mol. The van der Waals surface area contributed by atoms with Crippen molar-refractivity contribution in [3.05, 3.63) is 72.9 Å². The molecule has 0 aliphatic carbocycles. The molecular weight excluding hydrogens is 840 g/mol. The lowest BCUT2D eigenvalue weighted by Gasteiger charge is -2.19. The van der Waals surface area contributed by atoms with Crippen molar-refractivity contribution in [3.63, 3.8) is 0 Å². The Labute approximate surface area is 227 Å². The van der Waals surface area contributed by atoms with Crippen molar-refractivity contribution in [2.75, 3.05) is 0 Å². The highest BCUT2D eigenvalue weighted by atomic mass is 127. The standard InChI is InChI=1S/C21H12I4O5/c22-13-6-10-5-9-3-1-2-4-12(9)21(28)29-8-11-7-14(23)18(27)16(25)20(11)30-19(10)15(24)17(13)26/h1-4,6-7,26-27H,5,8H2. The van der Waals surface area contributed by atoms with Gasteiger partial charge in [0.1, 0.15) is 23.9 Å². The number of halogens is 4. The van der Waals surface area contributed by atoms with Crippen molar-refractivity contribution in [2.24, 2.45) is 0 Å². The molecule has 0 atom stereocenters. The molecule has 0 unspecified atom stereocenters. The van der Waals surface area contributed by atoms with Crippen LogP contribution in [-0.2, 0) is 17.8 Å². The molecule has 0 saturated carbocycles. The lowest BCUT2D eigenvalue weighted by atomic mass is 9.99. The van der Waals surface area contributed by atoms with Gasteiger partial charge in [0.25, 0.3) is 0 Å². The number of aromatic hydroxyl groups is 2. The van der Waals surface area contributed by atoms with E-state index in [4.69, 9.17) is 9.47 Å². The van der Waals surface area contributed by atoms with Crippen molar-refractivity contribution in [1.29, 1.82) is 0 Å². The van der Waals surface area contributed by atoms with Gasteiger partial charge in [-0.1, -0.05) is 18.2 Å². The second-order valence-corrected chi connectivity index (χ2v) is 11.0. The van der Waals surface area contributed by atoms with Gasteiger partial charge in [-0.15, -0.1) is 0 Å². The number of esters is 1. The number of fused-ring (bicyclic) bond motifs is 3. The smallest absolute Gasteiger partial charge is 0.338 e. The first-order chi connectivity index (χ1) is 14.3. The third-order valence-electron chi connectivity index (χ3n) is 4.63. The van der Waals surface area contributed by atoms with E-state index < -0.39 is 5.97 Å². The fraction of sp³-hybridized carbons (Fsp3) is 0.0952. The molecule has 0 fully saturated rings. The monoisotopic (exact) mass is 852 g/mol. The Balaban J connectivity index is 2.01. The molecule has 154 valence electrons. The van der Waals surface area contributed by atoms with Gasteiger partial charge in [-0.05, 0) is 114 Å². The molecule has 0 saturated heterocycles. The summed E-state index contributed by atoms with van der Waals surface area (Å²) in [6, 6.07) is 10.9. The maximum atomic E-state index is 12.8. The van der Waals surface area contributed by atoms with Crippen LogP contribution in [0.1, 0.15) is 27.0 Å². The highest BCUT2D eigenvalue weighted by molar-refractivity contribution is 14.1. The Morgan fingerprint density at radius 2 is 1.37 bits per heavy atom. The Kier molecular flexibility index (Phi) is 6.89. The number of hydrogen-bond acceptors (Lipinski definition) is 5. The van der Waals surface area contributed by atoms with Crippen molar-refractivity contribution in [2.45, 2.75) is 13.0 Å². The van der Waals surface area contributed by atoms with E-state index in [0.29, 0.717) is 43.3 Å². The predicted octanol–water partition coefficient (Wildman–Crippen LogP) is 6.57. The molecule has 1 aliphatic heterocycles. The van der Waals surface area contributed by atoms with Crippen molar-refractivity contribution < 1.29 is 24.5 Å². The number of carbonyl (C=O) groups excluding carboxylic acids is 1. The number of carbonyl (C=O) groups is 1. The molecule has 5 nitrogen and oxygen atoms in total. The highest BCUT2D eigenvalue weighted by Crippen LogP contribution is 2.45. The van der Waals surface area contributed by atoms with Gasteiger partial charge in [-0.25, -0.2) is 4.79 Å². The van der Waals surface area contributed by atoms with Crippen LogP contribution < -0.4 is 4.74 Å². The number of cyclic esters (lactones) is 1. The quantitative estimate of drug-likeness (QED) is 0.198. The summed E-state index contributed by atoms with van der Waals surface area (Å²) >= 11 is 8.19. The lowest BCUT2D eigenvalue weighted by Crippen LogP contribution is -2.09. The molecule has 9 heteroatoms. The van der Waals surface area contributed by atoms with Crippen molar-refractivity contribution in [1.82, 2.24) is 0 Å². The van der Waals surface area contributed by atoms with E-state index in [1.165, 1.54) is 0 Å². The molecule has 30 heavy (non-hydrogen) atoms. The minimum atomic E-state index is -0.415. The van der Waals surface area contributed by atoms with Crippen molar-refractivity contribution in [3.8, 4) is 23.0 Å². The van der Waals surface area contributed by atoms with E-state index >= 15 is 0 Å². The van der Waals surface area contributed by atoms with Gasteiger partial charge in [0, 0.05) is 17.5 Å². The maximum Gasteiger partial charge on any atom is 0.338 e. The fourth-order valence-electron chi connectivity index (χ4n) is 3.14. The number of ether oxygens (including phenoxy) is 2. The van der Waals surface area contributed by atoms with Crippen LogP contribution in [0.25, 0.3) is 0 Å². The van der Waals surface area contributed by atoms with E-state index in [1.807, 2.05) is 63.4 Å². The number of hydrogen-bond donors (Lipinski definition) is 2. The first-order valence-corrected chi connectivity index (χ1v) is 12.9. The van der Waals surface area contributed by atoms with Gasteiger partial charge in [-0.3, -0.25) is 0 Å². The average molecular weight is 852 g/mol. The third-order valence-corrected chi connectivity index (χ3v) is 8.28. The van der Waals surface area contributed by atoms with Crippen LogP contribution >= 0.6 is 90.4 Å². The summed E-state index contributed by atoms with van der Waals surface area (Å²) in [6.07, 6.45) is 0.426. The Hall–Kier alpha value is -0.550. The van der Waals surface area contributed by atoms with Crippen LogP contribution in [0.5, 0.6) is 23.0 Å². The summed E-state index contributed by atoms with van der Waals surface area (Å²) in [6.45, 7) is -0.00293. The first kappa shape index (κ1) is 22.6. The molecule has 2 N–H and O–H groups in total. The number of phenols is 2. The van der Waals surface area contributed by atoms with Gasteiger partial charge in [0.05, 0.1) is 19.8 Å². The molecule has 1 aliphatic rings. The fourth-order valence-corrected chi connectivity index (χ4v) is 6.96. The van der Waals surface area contributed by atoms with Crippen molar-refractivity contribution >= 4 is 96.3 Å². The molecule has 0 radical (unpaired) electrons. The summed E-state index contributed by atoms with van der Waals surface area (Å²) in [5.41, 5.74) is 2.76. The van der Waals surface area contributed by atoms with Crippen LogP contribution in [0.4, 0.5) is 0 Å². The molecule has 1 heterocycles. The van der Waals surface area contributed by atoms with Gasteiger partial charge < -0.3 is 19.7 Å². The summed E-state index contributed by atoms with van der Waals surface area (Å²) in [7, 11) is 0. The topological polar surface area (TPSA) is 76.0 Å². The third kappa shape index (κ3) is 4.22. The summed E-state index contributed by atoms with van der Waals surface area (Å²) in [4.78, 5) is 12.8. The van der Waals surface area contributed by atoms with E-state index in [1.54, 1.807) is 18.2 Å². The molecule has 4 rings (SSSR count). The molecule has 0 spiro atoms. The number of phenolic OH excluding ortho intramolecular Hbond substituents is 2. The summed E-state index contributed by atoms with van der Waals surface area (Å²) in [5, 5.41) is 21.0. The first-order valence-electron chi connectivity index (χ1n) is 8.60. The zero-order valence-electron chi connectivity index (χ0n) is 15.0. The molecule has 0 bridgehead atoms. The zero-order valence-corrected chi connectivity index (χ0v) is 23.6. The minimum Gasteiger partial charge on any atom is -0.506 e. The van der Waals surface area contributed by atoms with Gasteiger partial charge in [0.2, 0.25) is 0 Å². The van der Waals surface area contributed by atoms with Crippen LogP contribution in [0.15, 0.2) is 36.4 Å². The average Bonchev–Trinajstić information content (AvgIpc) is 2.75. The normalized spacial score (nSPS) is 13.3.